The molecule has 2 N–H and O–H groups in total. The van der Waals surface area contributed by atoms with E-state index in [1.807, 2.05) is 11.3 Å². The monoisotopic (exact) mass is 269 g/mol. The van der Waals surface area contributed by atoms with E-state index >= 15 is 0 Å². The van der Waals surface area contributed by atoms with E-state index in [1.165, 1.54) is 9.75 Å². The normalized spacial score (nSPS) is 12.6. The van der Waals surface area contributed by atoms with Crippen LogP contribution in [0.15, 0.2) is 12.1 Å². The third-order valence-corrected chi connectivity index (χ3v) is 3.89. The summed E-state index contributed by atoms with van der Waals surface area (Å²) in [4.78, 5) is 13.1. The van der Waals surface area contributed by atoms with Crippen LogP contribution < -0.4 is 5.32 Å². The van der Waals surface area contributed by atoms with Gasteiger partial charge in [-0.15, -0.1) is 11.3 Å². The molecule has 0 bridgehead atoms. The van der Waals surface area contributed by atoms with Gasteiger partial charge in [-0.25, -0.2) is 0 Å². The van der Waals surface area contributed by atoms with Crippen molar-refractivity contribution in [1.82, 2.24) is 5.32 Å². The number of aliphatic carboxylic acids is 1. The Morgan fingerprint density at radius 1 is 1.39 bits per heavy atom. The Labute approximate surface area is 113 Å². The first kappa shape index (κ1) is 15.2. The third kappa shape index (κ3) is 6.77. The molecule has 1 aromatic heterocycles. The molecule has 1 heterocycles. The zero-order chi connectivity index (χ0) is 13.4. The van der Waals surface area contributed by atoms with Crippen molar-refractivity contribution in [2.45, 2.75) is 52.0 Å². The largest absolute Gasteiger partial charge is 0.481 e. The second-order valence-corrected chi connectivity index (χ2v) is 6.15. The number of aryl methyl sites for hydroxylation is 1. The van der Waals surface area contributed by atoms with Gasteiger partial charge in [-0.3, -0.25) is 4.79 Å². The van der Waals surface area contributed by atoms with E-state index in [-0.39, 0.29) is 0 Å². The van der Waals surface area contributed by atoms with Crippen LogP contribution in [0.3, 0.4) is 0 Å². The Bertz CT molecular complexity index is 362. The van der Waals surface area contributed by atoms with Gasteiger partial charge in [0.25, 0.3) is 0 Å². The van der Waals surface area contributed by atoms with E-state index in [0.717, 1.165) is 32.2 Å². The Morgan fingerprint density at radius 2 is 2.17 bits per heavy atom. The van der Waals surface area contributed by atoms with Gasteiger partial charge in [-0.05, 0) is 51.8 Å². The number of carboxylic acids is 1. The number of unbranched alkanes of at least 4 members (excludes halogenated alkanes) is 2. The summed E-state index contributed by atoms with van der Waals surface area (Å²) in [6.45, 7) is 5.31. The molecule has 0 fully saturated rings. The minimum absolute atomic E-state index is 0.296. The lowest BCUT2D eigenvalue weighted by molar-refractivity contribution is -0.137. The van der Waals surface area contributed by atoms with Crippen LogP contribution in [-0.4, -0.2) is 23.7 Å². The fourth-order valence-electron chi connectivity index (χ4n) is 1.90. The van der Waals surface area contributed by atoms with E-state index in [0.29, 0.717) is 12.5 Å². The molecular formula is C14H23NO2S. The number of hydrogen-bond donors (Lipinski definition) is 2. The second-order valence-electron chi connectivity index (χ2n) is 4.78. The number of carbonyl (C=O) groups is 1. The number of thiophene rings is 1. The van der Waals surface area contributed by atoms with Gasteiger partial charge in [0.1, 0.15) is 0 Å². The lowest BCUT2D eigenvalue weighted by Crippen LogP contribution is -2.28. The van der Waals surface area contributed by atoms with Crippen molar-refractivity contribution in [3.63, 3.8) is 0 Å². The molecule has 102 valence electrons. The molecule has 1 aromatic rings. The van der Waals surface area contributed by atoms with Crippen molar-refractivity contribution in [2.24, 2.45) is 0 Å². The summed E-state index contributed by atoms with van der Waals surface area (Å²) in [5.74, 6) is -0.690. The summed E-state index contributed by atoms with van der Waals surface area (Å²) in [5.41, 5.74) is 0. The molecule has 0 aliphatic rings. The molecule has 4 heteroatoms. The number of carboxylic acid groups (broad SMARTS) is 1. The zero-order valence-electron chi connectivity index (χ0n) is 11.2. The molecule has 1 rings (SSSR count). The molecule has 18 heavy (non-hydrogen) atoms. The van der Waals surface area contributed by atoms with Crippen LogP contribution in [0.4, 0.5) is 0 Å². The fraction of sp³-hybridized carbons (Fsp3) is 0.643. The quantitative estimate of drug-likeness (QED) is 0.677. The molecule has 0 aromatic carbocycles. The van der Waals surface area contributed by atoms with Crippen LogP contribution in [0.1, 0.15) is 42.4 Å². The first-order valence-corrected chi connectivity index (χ1v) is 7.40. The summed E-state index contributed by atoms with van der Waals surface area (Å²) >= 11 is 1.86. The van der Waals surface area contributed by atoms with Crippen LogP contribution in [0.2, 0.25) is 0 Å². The van der Waals surface area contributed by atoms with Crippen molar-refractivity contribution in [2.75, 3.05) is 6.54 Å². The van der Waals surface area contributed by atoms with Crippen LogP contribution in [0.25, 0.3) is 0 Å². The molecule has 0 aliphatic heterocycles. The van der Waals surface area contributed by atoms with E-state index < -0.39 is 5.97 Å². The van der Waals surface area contributed by atoms with Gasteiger partial charge in [-0.2, -0.15) is 0 Å². The van der Waals surface area contributed by atoms with Gasteiger partial charge >= 0.3 is 5.97 Å². The molecule has 3 nitrogen and oxygen atoms in total. The molecule has 0 saturated heterocycles. The Morgan fingerprint density at radius 3 is 2.78 bits per heavy atom. The van der Waals surface area contributed by atoms with Crippen LogP contribution in [0, 0.1) is 6.92 Å². The maximum atomic E-state index is 10.3. The molecule has 0 saturated carbocycles. The molecular weight excluding hydrogens is 246 g/mol. The third-order valence-electron chi connectivity index (χ3n) is 2.86. The van der Waals surface area contributed by atoms with Crippen molar-refractivity contribution >= 4 is 17.3 Å². The van der Waals surface area contributed by atoms with Gasteiger partial charge < -0.3 is 10.4 Å². The Hall–Kier alpha value is -0.870. The molecule has 0 aliphatic carbocycles. The first-order valence-electron chi connectivity index (χ1n) is 6.58. The summed E-state index contributed by atoms with van der Waals surface area (Å²) < 4.78 is 0. The average molecular weight is 269 g/mol. The van der Waals surface area contributed by atoms with Crippen LogP contribution in [0.5, 0.6) is 0 Å². The van der Waals surface area contributed by atoms with E-state index in [2.05, 4.69) is 31.3 Å². The highest BCUT2D eigenvalue weighted by molar-refractivity contribution is 7.11. The summed E-state index contributed by atoms with van der Waals surface area (Å²) in [7, 11) is 0. The standard InChI is InChI=1S/C14H23NO2S/c1-11(10-13-8-7-12(2)18-13)15-9-5-3-4-6-14(16)17/h7-8,11,15H,3-6,9-10H2,1-2H3,(H,16,17). The van der Waals surface area contributed by atoms with E-state index in [4.69, 9.17) is 5.11 Å². The van der Waals surface area contributed by atoms with Gasteiger partial charge in [0, 0.05) is 22.2 Å². The molecule has 0 spiro atoms. The van der Waals surface area contributed by atoms with Crippen molar-refractivity contribution in [3.8, 4) is 0 Å². The summed E-state index contributed by atoms with van der Waals surface area (Å²) in [5, 5.41) is 12.0. The molecule has 0 radical (unpaired) electrons. The maximum absolute atomic E-state index is 10.3. The predicted molar refractivity (Wildman–Crippen MR) is 76.3 cm³/mol. The highest BCUT2D eigenvalue weighted by Gasteiger charge is 2.04. The van der Waals surface area contributed by atoms with Crippen molar-refractivity contribution in [1.29, 1.82) is 0 Å². The van der Waals surface area contributed by atoms with E-state index in [1.54, 1.807) is 0 Å². The summed E-state index contributed by atoms with van der Waals surface area (Å²) in [6, 6.07) is 4.85. The topological polar surface area (TPSA) is 49.3 Å². The van der Waals surface area contributed by atoms with Crippen molar-refractivity contribution in [3.05, 3.63) is 21.9 Å². The van der Waals surface area contributed by atoms with E-state index in [9.17, 15) is 4.79 Å². The smallest absolute Gasteiger partial charge is 0.303 e. The maximum Gasteiger partial charge on any atom is 0.303 e. The highest BCUT2D eigenvalue weighted by Crippen LogP contribution is 2.16. The molecule has 0 amide bonds. The van der Waals surface area contributed by atoms with Crippen molar-refractivity contribution < 1.29 is 9.90 Å². The van der Waals surface area contributed by atoms with Gasteiger partial charge in [0.05, 0.1) is 0 Å². The predicted octanol–water partition coefficient (Wildman–Crippen LogP) is 3.22. The van der Waals surface area contributed by atoms with Gasteiger partial charge in [-0.1, -0.05) is 6.42 Å². The molecule has 1 atom stereocenters. The number of hydrogen-bond acceptors (Lipinski definition) is 3. The molecule has 1 unspecified atom stereocenters. The summed E-state index contributed by atoms with van der Waals surface area (Å²) in [6.07, 6.45) is 4.21. The zero-order valence-corrected chi connectivity index (χ0v) is 12.1. The lowest BCUT2D eigenvalue weighted by atomic mass is 10.1. The Kier molecular flexibility index (Phi) is 6.98. The fourth-order valence-corrected chi connectivity index (χ4v) is 2.91. The number of rotatable bonds is 9. The SMILES string of the molecule is Cc1ccc(CC(C)NCCCCCC(=O)O)s1. The lowest BCUT2D eigenvalue weighted by Gasteiger charge is -2.12. The second kappa shape index (κ2) is 8.27. The van der Waals surface area contributed by atoms with Gasteiger partial charge in [0.2, 0.25) is 0 Å². The van der Waals surface area contributed by atoms with Gasteiger partial charge in [0.15, 0.2) is 0 Å². The Balaban J connectivity index is 2.03. The average Bonchev–Trinajstić information content (AvgIpc) is 2.68. The highest BCUT2D eigenvalue weighted by atomic mass is 32.1. The minimum atomic E-state index is -0.690. The van der Waals surface area contributed by atoms with Crippen LogP contribution in [-0.2, 0) is 11.2 Å². The number of nitrogens with one attached hydrogen (secondary N) is 1. The minimum Gasteiger partial charge on any atom is -0.481 e. The van der Waals surface area contributed by atoms with Crippen LogP contribution >= 0.6 is 11.3 Å². The first-order chi connectivity index (χ1) is 8.58.